The summed E-state index contributed by atoms with van der Waals surface area (Å²) in [5, 5.41) is 14.1. The van der Waals surface area contributed by atoms with E-state index in [1.54, 1.807) is 0 Å². The van der Waals surface area contributed by atoms with Gasteiger partial charge in [0.1, 0.15) is 17.9 Å². The molecular formula is C22H27FN4O3. The van der Waals surface area contributed by atoms with Gasteiger partial charge in [0.05, 0.1) is 30.6 Å². The van der Waals surface area contributed by atoms with E-state index in [1.165, 1.54) is 30.0 Å². The van der Waals surface area contributed by atoms with Crippen LogP contribution in [0.2, 0.25) is 0 Å². The highest BCUT2D eigenvalue weighted by Gasteiger charge is 2.40. The van der Waals surface area contributed by atoms with Gasteiger partial charge >= 0.3 is 0 Å². The summed E-state index contributed by atoms with van der Waals surface area (Å²) >= 11 is 0. The molecule has 0 radical (unpaired) electrons. The minimum Gasteiger partial charge on any atom is -0.379 e. The van der Waals surface area contributed by atoms with Crippen LogP contribution >= 0.6 is 0 Å². The minimum absolute atomic E-state index is 0.286. The number of fused-ring (bicyclic) bond motifs is 1. The van der Waals surface area contributed by atoms with Gasteiger partial charge in [-0.3, -0.25) is 14.6 Å². The number of carbonyl (C=O) groups excluding carboxylic acids is 1. The molecule has 3 heterocycles. The first kappa shape index (κ1) is 20.7. The van der Waals surface area contributed by atoms with Crippen molar-refractivity contribution in [3.63, 3.8) is 0 Å². The Hall–Kier alpha value is -2.55. The van der Waals surface area contributed by atoms with Crippen LogP contribution < -0.4 is 10.2 Å². The van der Waals surface area contributed by atoms with Gasteiger partial charge in [-0.2, -0.15) is 0 Å². The Morgan fingerprint density at radius 1 is 1.30 bits per heavy atom. The fourth-order valence-electron chi connectivity index (χ4n) is 4.19. The Balaban J connectivity index is 1.60. The number of nitrogens with zero attached hydrogens (tertiary/aromatic N) is 3. The van der Waals surface area contributed by atoms with Gasteiger partial charge in [-0.15, -0.1) is 0 Å². The predicted molar refractivity (Wildman–Crippen MR) is 111 cm³/mol. The standard InChI is InChI=1S/C22H27FN4O3/c1-14-21(18-12-16(23)6-7-19(18)27(15(2)28)22(14)29)25-20-5-3-4-17(24-20)13-26-8-10-30-11-9-26/h3-7,12,14,21-22,29H,8-11,13H2,1-2H3,(H,24,25)/t14-,21-,22+/m1/s1. The molecule has 1 fully saturated rings. The lowest BCUT2D eigenvalue weighted by Gasteiger charge is -2.42. The smallest absolute Gasteiger partial charge is 0.225 e. The number of halogens is 1. The number of carbonyl (C=O) groups is 1. The number of anilines is 2. The number of aliphatic hydroxyl groups is 1. The summed E-state index contributed by atoms with van der Waals surface area (Å²) in [6.45, 7) is 7.16. The van der Waals surface area contributed by atoms with E-state index in [0.717, 1.165) is 38.5 Å². The molecule has 7 nitrogen and oxygen atoms in total. The molecule has 160 valence electrons. The Morgan fingerprint density at radius 2 is 2.07 bits per heavy atom. The van der Waals surface area contributed by atoms with Gasteiger partial charge in [0.15, 0.2) is 0 Å². The number of morpholine rings is 1. The first-order valence-electron chi connectivity index (χ1n) is 10.2. The second kappa shape index (κ2) is 8.67. The van der Waals surface area contributed by atoms with Crippen LogP contribution in [0.15, 0.2) is 36.4 Å². The van der Waals surface area contributed by atoms with Crippen molar-refractivity contribution in [1.82, 2.24) is 9.88 Å². The molecule has 2 aromatic rings. The van der Waals surface area contributed by atoms with Crippen LogP contribution in [-0.2, 0) is 16.1 Å². The third kappa shape index (κ3) is 4.16. The molecule has 8 heteroatoms. The van der Waals surface area contributed by atoms with Crippen LogP contribution in [0, 0.1) is 11.7 Å². The SMILES string of the molecule is CC(=O)N1c2ccc(F)cc2[C@H](Nc2cccc(CN3CCOCC3)n2)[C@@H](C)[C@@H]1O. The summed E-state index contributed by atoms with van der Waals surface area (Å²) in [5.41, 5.74) is 2.07. The van der Waals surface area contributed by atoms with Crippen molar-refractivity contribution in [2.45, 2.75) is 32.7 Å². The van der Waals surface area contributed by atoms with Gasteiger partial charge in [-0.1, -0.05) is 13.0 Å². The van der Waals surface area contributed by atoms with E-state index in [1.807, 2.05) is 25.1 Å². The molecule has 1 saturated heterocycles. The van der Waals surface area contributed by atoms with Crippen LogP contribution in [0.4, 0.5) is 15.9 Å². The van der Waals surface area contributed by atoms with Crippen molar-refractivity contribution in [2.24, 2.45) is 5.92 Å². The van der Waals surface area contributed by atoms with E-state index in [2.05, 4.69) is 10.2 Å². The van der Waals surface area contributed by atoms with Crippen molar-refractivity contribution in [1.29, 1.82) is 0 Å². The van der Waals surface area contributed by atoms with Crippen molar-refractivity contribution < 1.29 is 19.0 Å². The maximum atomic E-state index is 14.1. The summed E-state index contributed by atoms with van der Waals surface area (Å²) in [6, 6.07) is 9.64. The molecule has 2 aliphatic rings. The van der Waals surface area contributed by atoms with Gasteiger partial charge < -0.3 is 15.2 Å². The number of aliphatic hydroxyl groups excluding tert-OH is 1. The summed E-state index contributed by atoms with van der Waals surface area (Å²) < 4.78 is 19.5. The van der Waals surface area contributed by atoms with Gasteiger partial charge in [0, 0.05) is 38.0 Å². The number of hydrogen-bond donors (Lipinski definition) is 2. The zero-order chi connectivity index (χ0) is 21.3. The third-order valence-electron chi connectivity index (χ3n) is 5.78. The first-order valence-corrected chi connectivity index (χ1v) is 10.2. The zero-order valence-electron chi connectivity index (χ0n) is 17.2. The summed E-state index contributed by atoms with van der Waals surface area (Å²) in [4.78, 5) is 20.5. The second-order valence-electron chi connectivity index (χ2n) is 7.89. The number of pyridine rings is 1. The van der Waals surface area contributed by atoms with Crippen LogP contribution in [0.3, 0.4) is 0 Å². The quantitative estimate of drug-likeness (QED) is 0.801. The van der Waals surface area contributed by atoms with E-state index in [9.17, 15) is 14.3 Å². The van der Waals surface area contributed by atoms with Gasteiger partial charge in [-0.05, 0) is 30.3 Å². The van der Waals surface area contributed by atoms with Gasteiger partial charge in [-0.25, -0.2) is 9.37 Å². The number of aromatic nitrogens is 1. The second-order valence-corrected chi connectivity index (χ2v) is 7.89. The Kier molecular flexibility index (Phi) is 5.99. The highest BCUT2D eigenvalue weighted by atomic mass is 19.1. The number of ether oxygens (including phenoxy) is 1. The molecule has 0 aliphatic carbocycles. The average Bonchev–Trinajstić information content (AvgIpc) is 2.73. The lowest BCUT2D eigenvalue weighted by atomic mass is 9.86. The maximum Gasteiger partial charge on any atom is 0.225 e. The molecule has 2 aliphatic heterocycles. The van der Waals surface area contributed by atoms with E-state index in [4.69, 9.17) is 9.72 Å². The molecule has 1 aromatic heterocycles. The topological polar surface area (TPSA) is 77.9 Å². The normalized spacial score (nSPS) is 24.4. The largest absolute Gasteiger partial charge is 0.379 e. The fraction of sp³-hybridized carbons (Fsp3) is 0.455. The number of benzene rings is 1. The van der Waals surface area contributed by atoms with Crippen LogP contribution in [0.5, 0.6) is 0 Å². The lowest BCUT2D eigenvalue weighted by molar-refractivity contribution is -0.119. The number of amides is 1. The number of nitrogens with one attached hydrogen (secondary N) is 1. The molecule has 30 heavy (non-hydrogen) atoms. The van der Waals surface area contributed by atoms with E-state index < -0.39 is 12.3 Å². The molecule has 0 spiro atoms. The molecule has 0 bridgehead atoms. The van der Waals surface area contributed by atoms with Crippen molar-refractivity contribution >= 4 is 17.4 Å². The van der Waals surface area contributed by atoms with Crippen molar-refractivity contribution in [3.8, 4) is 0 Å². The van der Waals surface area contributed by atoms with Crippen molar-refractivity contribution in [2.75, 3.05) is 36.5 Å². The zero-order valence-corrected chi connectivity index (χ0v) is 17.2. The molecular weight excluding hydrogens is 387 g/mol. The highest BCUT2D eigenvalue weighted by Crippen LogP contribution is 2.41. The Morgan fingerprint density at radius 3 is 2.80 bits per heavy atom. The minimum atomic E-state index is -1.02. The number of rotatable bonds is 4. The predicted octanol–water partition coefficient (Wildman–Crippen LogP) is 2.53. The fourth-order valence-corrected chi connectivity index (χ4v) is 4.19. The summed E-state index contributed by atoms with van der Waals surface area (Å²) in [6.07, 6.45) is -1.02. The molecule has 2 N–H and O–H groups in total. The monoisotopic (exact) mass is 414 g/mol. The van der Waals surface area contributed by atoms with E-state index in [0.29, 0.717) is 17.1 Å². The average molecular weight is 414 g/mol. The van der Waals surface area contributed by atoms with E-state index >= 15 is 0 Å². The van der Waals surface area contributed by atoms with Gasteiger partial charge in [0.2, 0.25) is 5.91 Å². The molecule has 4 rings (SSSR count). The lowest BCUT2D eigenvalue weighted by Crippen LogP contribution is -2.50. The molecule has 0 unspecified atom stereocenters. The summed E-state index contributed by atoms with van der Waals surface area (Å²) in [7, 11) is 0. The Labute approximate surface area is 175 Å². The molecule has 1 aromatic carbocycles. The Bertz CT molecular complexity index is 919. The summed E-state index contributed by atoms with van der Waals surface area (Å²) in [5.74, 6) is -0.392. The molecule has 0 saturated carbocycles. The number of hydrogen-bond acceptors (Lipinski definition) is 6. The van der Waals surface area contributed by atoms with Crippen LogP contribution in [0.1, 0.15) is 31.1 Å². The molecule has 1 amide bonds. The van der Waals surface area contributed by atoms with Crippen molar-refractivity contribution in [3.05, 3.63) is 53.5 Å². The molecule has 3 atom stereocenters. The third-order valence-corrected chi connectivity index (χ3v) is 5.78. The van der Waals surface area contributed by atoms with Crippen LogP contribution in [0.25, 0.3) is 0 Å². The van der Waals surface area contributed by atoms with Gasteiger partial charge in [0.25, 0.3) is 0 Å². The maximum absolute atomic E-state index is 14.1. The van der Waals surface area contributed by atoms with Crippen LogP contribution in [-0.4, -0.2) is 53.4 Å². The van der Waals surface area contributed by atoms with E-state index in [-0.39, 0.29) is 17.6 Å². The highest BCUT2D eigenvalue weighted by molar-refractivity contribution is 5.93. The first-order chi connectivity index (χ1) is 14.4.